The Hall–Kier alpha value is -1.91. The molecule has 0 saturated carbocycles. The van der Waals surface area contributed by atoms with Crippen LogP contribution in [0.1, 0.15) is 52.4 Å². The number of hydrogen-bond donors (Lipinski definition) is 1. The highest BCUT2D eigenvalue weighted by atomic mass is 15.5. The van der Waals surface area contributed by atoms with Crippen LogP contribution in [-0.4, -0.2) is 26.2 Å². The highest BCUT2D eigenvalue weighted by Gasteiger charge is 2.08. The molecule has 21 heavy (non-hydrogen) atoms. The SMILES string of the molecule is CCCCCCCC(C)Nc1ccccc1-n1cnnn1. The lowest BCUT2D eigenvalue weighted by Crippen LogP contribution is -2.16. The minimum absolute atomic E-state index is 0.448. The van der Waals surface area contributed by atoms with Crippen molar-refractivity contribution in [3.63, 3.8) is 0 Å². The van der Waals surface area contributed by atoms with Crippen molar-refractivity contribution in [3.05, 3.63) is 30.6 Å². The number of anilines is 1. The zero-order valence-electron chi connectivity index (χ0n) is 13.0. The molecule has 0 bridgehead atoms. The first kappa shape index (κ1) is 15.5. The van der Waals surface area contributed by atoms with E-state index in [0.717, 1.165) is 11.4 Å². The van der Waals surface area contributed by atoms with Gasteiger partial charge in [0, 0.05) is 6.04 Å². The fourth-order valence-electron chi connectivity index (χ4n) is 2.46. The number of benzene rings is 1. The first-order chi connectivity index (χ1) is 10.3. The molecule has 1 N–H and O–H groups in total. The van der Waals surface area contributed by atoms with Gasteiger partial charge in [0.2, 0.25) is 0 Å². The number of tetrazole rings is 1. The number of nitrogens with zero attached hydrogens (tertiary/aromatic N) is 4. The highest BCUT2D eigenvalue weighted by Crippen LogP contribution is 2.20. The summed E-state index contributed by atoms with van der Waals surface area (Å²) in [6, 6.07) is 8.57. The second kappa shape index (κ2) is 8.39. The predicted molar refractivity (Wildman–Crippen MR) is 85.6 cm³/mol. The lowest BCUT2D eigenvalue weighted by molar-refractivity contribution is 0.578. The Morgan fingerprint density at radius 1 is 1.14 bits per heavy atom. The predicted octanol–water partition coefficient (Wildman–Crippen LogP) is 3.82. The van der Waals surface area contributed by atoms with Crippen LogP contribution in [0.5, 0.6) is 0 Å². The molecule has 0 fully saturated rings. The maximum atomic E-state index is 3.97. The number of hydrogen-bond acceptors (Lipinski definition) is 4. The van der Waals surface area contributed by atoms with E-state index in [1.54, 1.807) is 11.0 Å². The van der Waals surface area contributed by atoms with Gasteiger partial charge in [-0.25, -0.2) is 0 Å². The molecule has 5 heteroatoms. The fraction of sp³-hybridized carbons (Fsp3) is 0.562. The number of aromatic nitrogens is 4. The van der Waals surface area contributed by atoms with Gasteiger partial charge in [0.05, 0.1) is 11.4 Å². The van der Waals surface area contributed by atoms with E-state index >= 15 is 0 Å². The number of unbranched alkanes of at least 4 members (excludes halogenated alkanes) is 4. The van der Waals surface area contributed by atoms with E-state index in [2.05, 4.69) is 40.8 Å². The standard InChI is InChI=1S/C16H25N5/c1-3-4-5-6-7-10-14(2)18-15-11-8-9-12-16(15)21-13-17-19-20-21/h8-9,11-14,18H,3-7,10H2,1-2H3. The van der Waals surface area contributed by atoms with Crippen molar-refractivity contribution in [2.45, 2.75) is 58.4 Å². The molecule has 0 radical (unpaired) electrons. The monoisotopic (exact) mass is 287 g/mol. The van der Waals surface area contributed by atoms with Crippen LogP contribution in [0.3, 0.4) is 0 Å². The van der Waals surface area contributed by atoms with Crippen LogP contribution in [0.2, 0.25) is 0 Å². The zero-order valence-corrected chi connectivity index (χ0v) is 13.0. The maximum Gasteiger partial charge on any atom is 0.143 e. The van der Waals surface area contributed by atoms with Crippen LogP contribution < -0.4 is 5.32 Å². The summed E-state index contributed by atoms with van der Waals surface area (Å²) in [6.45, 7) is 4.48. The van der Waals surface area contributed by atoms with Gasteiger partial charge in [-0.1, -0.05) is 51.2 Å². The lowest BCUT2D eigenvalue weighted by Gasteiger charge is -2.17. The molecular weight excluding hydrogens is 262 g/mol. The Morgan fingerprint density at radius 2 is 1.95 bits per heavy atom. The summed E-state index contributed by atoms with van der Waals surface area (Å²) in [7, 11) is 0. The summed E-state index contributed by atoms with van der Waals surface area (Å²) in [5.74, 6) is 0. The number of nitrogens with one attached hydrogen (secondary N) is 1. The van der Waals surface area contributed by atoms with Crippen molar-refractivity contribution in [1.29, 1.82) is 0 Å². The first-order valence-corrected chi connectivity index (χ1v) is 7.90. The van der Waals surface area contributed by atoms with Gasteiger partial charge in [-0.3, -0.25) is 0 Å². The Morgan fingerprint density at radius 3 is 2.71 bits per heavy atom. The van der Waals surface area contributed by atoms with E-state index in [9.17, 15) is 0 Å². The van der Waals surface area contributed by atoms with E-state index in [1.807, 2.05) is 18.2 Å². The Labute approximate surface area is 126 Å². The molecule has 1 heterocycles. The van der Waals surface area contributed by atoms with E-state index in [0.29, 0.717) is 6.04 Å². The van der Waals surface area contributed by atoms with Gasteiger partial charge in [0.15, 0.2) is 0 Å². The van der Waals surface area contributed by atoms with Gasteiger partial charge >= 0.3 is 0 Å². The average Bonchev–Trinajstić information content (AvgIpc) is 3.02. The molecule has 5 nitrogen and oxygen atoms in total. The van der Waals surface area contributed by atoms with E-state index in [1.165, 1.54) is 38.5 Å². The molecule has 0 aliphatic carbocycles. The van der Waals surface area contributed by atoms with Gasteiger partial charge in [-0.15, -0.1) is 5.10 Å². The molecule has 0 saturated heterocycles. The molecule has 0 spiro atoms. The zero-order chi connectivity index (χ0) is 14.9. The molecule has 0 aliphatic heterocycles. The quantitative estimate of drug-likeness (QED) is 0.712. The van der Waals surface area contributed by atoms with Gasteiger partial charge in [-0.2, -0.15) is 4.68 Å². The van der Waals surface area contributed by atoms with Gasteiger partial charge in [-0.05, 0) is 35.9 Å². The molecule has 1 aromatic heterocycles. The first-order valence-electron chi connectivity index (χ1n) is 7.90. The normalized spacial score (nSPS) is 12.3. The third-order valence-electron chi connectivity index (χ3n) is 3.64. The molecular formula is C16H25N5. The molecule has 2 aromatic rings. The van der Waals surface area contributed by atoms with E-state index in [4.69, 9.17) is 0 Å². The van der Waals surface area contributed by atoms with Crippen molar-refractivity contribution >= 4 is 5.69 Å². The highest BCUT2D eigenvalue weighted by molar-refractivity contribution is 5.60. The van der Waals surface area contributed by atoms with E-state index < -0.39 is 0 Å². The smallest absolute Gasteiger partial charge is 0.143 e. The van der Waals surface area contributed by atoms with Crippen molar-refractivity contribution in [3.8, 4) is 5.69 Å². The van der Waals surface area contributed by atoms with Crippen LogP contribution in [0.15, 0.2) is 30.6 Å². The van der Waals surface area contributed by atoms with Crippen molar-refractivity contribution < 1.29 is 0 Å². The van der Waals surface area contributed by atoms with Gasteiger partial charge < -0.3 is 5.32 Å². The Bertz CT molecular complexity index is 509. The number of rotatable bonds is 9. The molecule has 1 unspecified atom stereocenters. The van der Waals surface area contributed by atoms with Gasteiger partial charge in [0.25, 0.3) is 0 Å². The van der Waals surface area contributed by atoms with Crippen LogP contribution in [-0.2, 0) is 0 Å². The summed E-state index contributed by atoms with van der Waals surface area (Å²) < 4.78 is 1.69. The fourth-order valence-corrected chi connectivity index (χ4v) is 2.46. The van der Waals surface area contributed by atoms with Crippen molar-refractivity contribution in [2.75, 3.05) is 5.32 Å². The summed E-state index contributed by atoms with van der Waals surface area (Å²) in [6.07, 6.45) is 9.42. The molecule has 2 rings (SSSR count). The Kier molecular flexibility index (Phi) is 6.19. The second-order valence-electron chi connectivity index (χ2n) is 5.52. The largest absolute Gasteiger partial charge is 0.381 e. The number of para-hydroxylation sites is 2. The van der Waals surface area contributed by atoms with Gasteiger partial charge in [0.1, 0.15) is 6.33 Å². The van der Waals surface area contributed by atoms with Crippen molar-refractivity contribution in [1.82, 2.24) is 20.2 Å². The van der Waals surface area contributed by atoms with Crippen LogP contribution in [0.4, 0.5) is 5.69 Å². The van der Waals surface area contributed by atoms with Crippen LogP contribution in [0, 0.1) is 0 Å². The maximum absolute atomic E-state index is 3.97. The summed E-state index contributed by atoms with van der Waals surface area (Å²) in [5.41, 5.74) is 2.06. The van der Waals surface area contributed by atoms with Crippen LogP contribution in [0.25, 0.3) is 5.69 Å². The Balaban J connectivity index is 1.88. The molecule has 114 valence electrons. The molecule has 1 atom stereocenters. The van der Waals surface area contributed by atoms with E-state index in [-0.39, 0.29) is 0 Å². The third-order valence-corrected chi connectivity index (χ3v) is 3.64. The lowest BCUT2D eigenvalue weighted by atomic mass is 10.1. The summed E-state index contributed by atoms with van der Waals surface area (Å²) >= 11 is 0. The molecule has 0 aliphatic rings. The summed E-state index contributed by atoms with van der Waals surface area (Å²) in [5, 5.41) is 14.9. The average molecular weight is 287 g/mol. The topological polar surface area (TPSA) is 55.6 Å². The molecule has 0 amide bonds. The minimum atomic E-state index is 0.448. The van der Waals surface area contributed by atoms with Crippen LogP contribution >= 0.6 is 0 Å². The van der Waals surface area contributed by atoms with Crippen molar-refractivity contribution in [2.24, 2.45) is 0 Å². The third kappa shape index (κ3) is 4.85. The summed E-state index contributed by atoms with van der Waals surface area (Å²) in [4.78, 5) is 0. The minimum Gasteiger partial charge on any atom is -0.381 e. The molecule has 1 aromatic carbocycles. The second-order valence-corrected chi connectivity index (χ2v) is 5.52.